The first-order valence-corrected chi connectivity index (χ1v) is 6.65. The van der Waals surface area contributed by atoms with Crippen molar-refractivity contribution in [3.63, 3.8) is 0 Å². The zero-order valence-electron chi connectivity index (χ0n) is 12.3. The van der Waals surface area contributed by atoms with Crippen LogP contribution in [0, 0.1) is 13.8 Å². The maximum Gasteiger partial charge on any atom is 0.243 e. The Kier molecular flexibility index (Phi) is 3.95. The molecule has 106 valence electrons. The molecule has 4 nitrogen and oxygen atoms in total. The fourth-order valence-corrected chi connectivity index (χ4v) is 2.39. The molecule has 1 aromatic carbocycles. The van der Waals surface area contributed by atoms with Gasteiger partial charge < -0.3 is 4.57 Å². The molecule has 0 aliphatic carbocycles. The number of rotatable bonds is 3. The third-order valence-corrected chi connectivity index (χ3v) is 3.59. The summed E-state index contributed by atoms with van der Waals surface area (Å²) in [5.41, 5.74) is 4.33. The summed E-state index contributed by atoms with van der Waals surface area (Å²) in [4.78, 5) is 11.2. The van der Waals surface area contributed by atoms with Crippen LogP contribution in [0.1, 0.15) is 36.8 Å². The number of hydrogen-bond donors (Lipinski definition) is 1. The van der Waals surface area contributed by atoms with Gasteiger partial charge in [0.1, 0.15) is 0 Å². The summed E-state index contributed by atoms with van der Waals surface area (Å²) < 4.78 is 2.16. The van der Waals surface area contributed by atoms with Gasteiger partial charge in [-0.1, -0.05) is 12.1 Å². The number of aryl methyl sites for hydroxylation is 2. The molecule has 1 N–H and O–H groups in total. The van der Waals surface area contributed by atoms with Gasteiger partial charge in [0.2, 0.25) is 5.91 Å². The predicted octanol–water partition coefficient (Wildman–Crippen LogP) is 3.39. The average Bonchev–Trinajstić information content (AvgIpc) is 2.76. The number of hydrogen-bond acceptors (Lipinski definition) is 2. The van der Waals surface area contributed by atoms with E-state index in [1.807, 2.05) is 24.3 Å². The van der Waals surface area contributed by atoms with Crippen LogP contribution in [-0.2, 0) is 4.79 Å². The van der Waals surface area contributed by atoms with Crippen molar-refractivity contribution in [1.82, 2.24) is 9.63 Å². The highest BCUT2D eigenvalue weighted by molar-refractivity contribution is 5.72. The molecule has 1 aromatic heterocycles. The van der Waals surface area contributed by atoms with Crippen LogP contribution in [-0.4, -0.2) is 20.7 Å². The molecule has 0 bridgehead atoms. The van der Waals surface area contributed by atoms with Gasteiger partial charge >= 0.3 is 0 Å². The number of nitrogens with zero attached hydrogens (tertiary/aromatic N) is 2. The monoisotopic (exact) mass is 272 g/mol. The second-order valence-corrected chi connectivity index (χ2v) is 5.08. The molecule has 0 saturated carbocycles. The van der Waals surface area contributed by atoms with Crippen molar-refractivity contribution in [2.75, 3.05) is 0 Å². The summed E-state index contributed by atoms with van der Waals surface area (Å²) in [5.74, 6) is -0.362. The van der Waals surface area contributed by atoms with Gasteiger partial charge in [0.15, 0.2) is 0 Å². The molecule has 4 heteroatoms. The third kappa shape index (κ3) is 2.60. The van der Waals surface area contributed by atoms with Crippen molar-refractivity contribution >= 4 is 5.91 Å². The summed E-state index contributed by atoms with van der Waals surface area (Å²) in [7, 11) is 0. The molecule has 2 rings (SSSR count). The van der Waals surface area contributed by atoms with Crippen molar-refractivity contribution in [3.05, 3.63) is 53.3 Å². The van der Waals surface area contributed by atoms with Crippen molar-refractivity contribution in [2.24, 2.45) is 0 Å². The molecule has 2 aromatic rings. The van der Waals surface area contributed by atoms with Crippen LogP contribution in [0.4, 0.5) is 0 Å². The van der Waals surface area contributed by atoms with Gasteiger partial charge in [0, 0.05) is 24.0 Å². The van der Waals surface area contributed by atoms with E-state index in [1.54, 1.807) is 6.92 Å². The molecule has 0 fully saturated rings. The molecule has 1 amide bonds. The van der Waals surface area contributed by atoms with Gasteiger partial charge in [-0.05, 0) is 50.6 Å². The smallest absolute Gasteiger partial charge is 0.243 e. The Morgan fingerprint density at radius 2 is 1.60 bits per heavy atom. The van der Waals surface area contributed by atoms with Crippen LogP contribution in [0.2, 0.25) is 0 Å². The molecular formula is C16H20N2O2. The van der Waals surface area contributed by atoms with Crippen LogP contribution in [0.3, 0.4) is 0 Å². The number of benzene rings is 1. The van der Waals surface area contributed by atoms with Crippen LogP contribution < -0.4 is 0 Å². The molecule has 1 atom stereocenters. The van der Waals surface area contributed by atoms with Crippen LogP contribution in [0.25, 0.3) is 5.69 Å². The van der Waals surface area contributed by atoms with E-state index in [9.17, 15) is 10.0 Å². The van der Waals surface area contributed by atoms with E-state index in [4.69, 9.17) is 0 Å². The molecule has 1 unspecified atom stereocenters. The Labute approximate surface area is 119 Å². The lowest BCUT2D eigenvalue weighted by molar-refractivity contribution is -0.172. The topological polar surface area (TPSA) is 45.5 Å². The van der Waals surface area contributed by atoms with E-state index in [2.05, 4.69) is 30.5 Å². The Bertz CT molecular complexity index is 594. The second kappa shape index (κ2) is 5.51. The fourth-order valence-electron chi connectivity index (χ4n) is 2.39. The third-order valence-electron chi connectivity index (χ3n) is 3.59. The minimum absolute atomic E-state index is 0.353. The van der Waals surface area contributed by atoms with Crippen molar-refractivity contribution < 1.29 is 10.0 Å². The first-order chi connectivity index (χ1) is 9.41. The zero-order valence-corrected chi connectivity index (χ0v) is 12.3. The molecule has 20 heavy (non-hydrogen) atoms. The highest BCUT2D eigenvalue weighted by Crippen LogP contribution is 2.22. The first kappa shape index (κ1) is 14.3. The first-order valence-electron chi connectivity index (χ1n) is 6.65. The van der Waals surface area contributed by atoms with E-state index < -0.39 is 0 Å². The van der Waals surface area contributed by atoms with Gasteiger partial charge in [0.05, 0.1) is 6.04 Å². The summed E-state index contributed by atoms with van der Waals surface area (Å²) in [6.07, 6.45) is 0. The number of aromatic nitrogens is 1. The lowest BCUT2D eigenvalue weighted by Gasteiger charge is -2.21. The summed E-state index contributed by atoms with van der Waals surface area (Å²) in [6, 6.07) is 11.7. The number of hydroxylamine groups is 2. The Balaban J connectivity index is 2.29. The normalized spacial score (nSPS) is 12.2. The Morgan fingerprint density at radius 3 is 2.05 bits per heavy atom. The maximum atomic E-state index is 11.2. The van der Waals surface area contributed by atoms with E-state index in [0.717, 1.165) is 16.3 Å². The largest absolute Gasteiger partial charge is 0.319 e. The summed E-state index contributed by atoms with van der Waals surface area (Å²) >= 11 is 0. The van der Waals surface area contributed by atoms with Crippen LogP contribution in [0.15, 0.2) is 36.4 Å². The quantitative estimate of drug-likeness (QED) is 0.687. The highest BCUT2D eigenvalue weighted by atomic mass is 16.5. The lowest BCUT2D eigenvalue weighted by atomic mass is 10.1. The van der Waals surface area contributed by atoms with Crippen molar-refractivity contribution in [3.8, 4) is 5.69 Å². The standard InChI is InChI=1S/C16H20N2O2/c1-11-5-6-12(2)17(11)16-9-7-15(8-10-16)13(3)18(20)14(4)19/h5-10,13,20H,1-4H3. The van der Waals surface area contributed by atoms with Crippen molar-refractivity contribution in [1.29, 1.82) is 0 Å². The maximum absolute atomic E-state index is 11.2. The SMILES string of the molecule is CC(=O)N(O)C(C)c1ccc(-n2c(C)ccc2C)cc1. The molecule has 0 spiro atoms. The average molecular weight is 272 g/mol. The molecule has 0 radical (unpaired) electrons. The molecule has 0 aliphatic heterocycles. The summed E-state index contributed by atoms with van der Waals surface area (Å²) in [6.45, 7) is 7.27. The predicted molar refractivity (Wildman–Crippen MR) is 78.0 cm³/mol. The number of carbonyl (C=O) groups excluding carboxylic acids is 1. The minimum Gasteiger partial charge on any atom is -0.319 e. The Hall–Kier alpha value is -2.07. The molecule has 0 saturated heterocycles. The van der Waals surface area contributed by atoms with Gasteiger partial charge in [-0.3, -0.25) is 10.0 Å². The lowest BCUT2D eigenvalue weighted by Crippen LogP contribution is -2.27. The van der Waals surface area contributed by atoms with E-state index in [1.165, 1.54) is 18.3 Å². The van der Waals surface area contributed by atoms with E-state index >= 15 is 0 Å². The Morgan fingerprint density at radius 1 is 1.10 bits per heavy atom. The summed E-state index contributed by atoms with van der Waals surface area (Å²) in [5, 5.41) is 10.4. The molecule has 1 heterocycles. The number of amides is 1. The van der Waals surface area contributed by atoms with Gasteiger partial charge in [-0.15, -0.1) is 0 Å². The molecule has 0 aliphatic rings. The highest BCUT2D eigenvalue weighted by Gasteiger charge is 2.16. The minimum atomic E-state index is -0.362. The zero-order chi connectivity index (χ0) is 14.9. The fraction of sp³-hybridized carbons (Fsp3) is 0.312. The van der Waals surface area contributed by atoms with E-state index in [0.29, 0.717) is 0 Å². The van der Waals surface area contributed by atoms with Gasteiger partial charge in [0.25, 0.3) is 0 Å². The second-order valence-electron chi connectivity index (χ2n) is 5.08. The van der Waals surface area contributed by atoms with Crippen LogP contribution >= 0.6 is 0 Å². The number of carbonyl (C=O) groups is 1. The molecular weight excluding hydrogens is 252 g/mol. The van der Waals surface area contributed by atoms with Gasteiger partial charge in [-0.2, -0.15) is 0 Å². The van der Waals surface area contributed by atoms with Crippen LogP contribution in [0.5, 0.6) is 0 Å². The van der Waals surface area contributed by atoms with Crippen molar-refractivity contribution in [2.45, 2.75) is 33.7 Å². The van der Waals surface area contributed by atoms with E-state index in [-0.39, 0.29) is 11.9 Å². The van der Waals surface area contributed by atoms with Gasteiger partial charge in [-0.25, -0.2) is 5.06 Å².